The van der Waals surface area contributed by atoms with Crippen molar-refractivity contribution < 1.29 is 61.7 Å². The molecule has 0 aromatic heterocycles. The van der Waals surface area contributed by atoms with E-state index < -0.39 is 6.09 Å². The van der Waals surface area contributed by atoms with Gasteiger partial charge < -0.3 is 62.3 Å². The molecular formula is C51H66N2O13. The number of likely N-dealkylation sites (N-methyl/N-ethyl adjacent to an activating group) is 1. The summed E-state index contributed by atoms with van der Waals surface area (Å²) in [6.45, 7) is 9.39. The van der Waals surface area contributed by atoms with Crippen molar-refractivity contribution in [2.75, 3.05) is 152 Å². The van der Waals surface area contributed by atoms with Crippen LogP contribution in [0.4, 0.5) is 9.59 Å². The second kappa shape index (κ2) is 29.6. The minimum Gasteiger partial charge on any atom is -0.449 e. The van der Waals surface area contributed by atoms with Gasteiger partial charge in [0.1, 0.15) is 13.2 Å². The summed E-state index contributed by atoms with van der Waals surface area (Å²) in [6, 6.07) is 33.1. The first-order chi connectivity index (χ1) is 32.6. The number of fused-ring (bicyclic) bond motifs is 6. The van der Waals surface area contributed by atoms with Crippen molar-refractivity contribution >= 4 is 12.2 Å². The van der Waals surface area contributed by atoms with Crippen LogP contribution in [-0.2, 0) is 52.1 Å². The standard InChI is InChI=1S/C51H66N2O13/c1-53(51(55)66-39-49-46-16-8-4-12-42(46)43-13-5-9-17-47(43)49)19-21-57-23-25-59-27-29-61-31-33-63-35-37-64-36-34-62-32-30-60-28-26-58-24-22-56-20-18-52-50(54)65-38-48-44-14-6-2-10-40(44)41-11-3-7-15-45(41)48/h2-17,48-49H,18-39H2,1H3,(H,52,54). The fraction of sp³-hybridized carbons (Fsp3) is 0.490. The number of hydrogen-bond donors (Lipinski definition) is 1. The SMILES string of the molecule is CN(CCOCCOCCOCCOCCOCCOCCOCCOCCOCCNC(=O)OCC1c2ccccc2-c2ccccc21)C(=O)OCC1c2ccccc2-c2ccccc21. The number of carbonyl (C=O) groups excluding carboxylic acids is 2. The Morgan fingerprint density at radius 2 is 0.697 bits per heavy atom. The van der Waals surface area contributed by atoms with Crippen molar-refractivity contribution in [3.8, 4) is 22.3 Å². The first kappa shape index (κ1) is 50.5. The number of ether oxygens (including phenoxy) is 11. The van der Waals surface area contributed by atoms with Crippen LogP contribution in [0.3, 0.4) is 0 Å². The van der Waals surface area contributed by atoms with Gasteiger partial charge in [0.05, 0.1) is 119 Å². The molecule has 0 unspecified atom stereocenters. The Kier molecular flexibility index (Phi) is 22.7. The van der Waals surface area contributed by atoms with Crippen molar-refractivity contribution in [1.29, 1.82) is 0 Å². The zero-order chi connectivity index (χ0) is 45.9. The molecule has 4 aromatic rings. The number of nitrogens with one attached hydrogen (secondary N) is 1. The summed E-state index contributed by atoms with van der Waals surface area (Å²) < 4.78 is 61.2. The molecule has 0 saturated carbocycles. The van der Waals surface area contributed by atoms with Crippen molar-refractivity contribution in [2.45, 2.75) is 11.8 Å². The van der Waals surface area contributed by atoms with E-state index in [1.165, 1.54) is 49.4 Å². The lowest BCUT2D eigenvalue weighted by Gasteiger charge is -2.19. The summed E-state index contributed by atoms with van der Waals surface area (Å²) in [5, 5.41) is 2.75. The first-order valence-corrected chi connectivity index (χ1v) is 23.0. The fourth-order valence-electron chi connectivity index (χ4n) is 7.73. The van der Waals surface area contributed by atoms with E-state index in [0.717, 1.165) is 0 Å². The van der Waals surface area contributed by atoms with E-state index in [-0.39, 0.29) is 24.5 Å². The monoisotopic (exact) mass is 914 g/mol. The average molecular weight is 915 g/mol. The predicted molar refractivity (Wildman–Crippen MR) is 248 cm³/mol. The quantitative estimate of drug-likeness (QED) is 0.0505. The van der Waals surface area contributed by atoms with Gasteiger partial charge in [0, 0.05) is 32.0 Å². The van der Waals surface area contributed by atoms with Gasteiger partial charge in [-0.05, 0) is 44.5 Å². The lowest BCUT2D eigenvalue weighted by atomic mass is 9.98. The Morgan fingerprint density at radius 3 is 1.05 bits per heavy atom. The Balaban J connectivity index is 0.612. The fourth-order valence-corrected chi connectivity index (χ4v) is 7.73. The van der Waals surface area contributed by atoms with E-state index in [1.54, 1.807) is 7.05 Å². The zero-order valence-corrected chi connectivity index (χ0v) is 38.2. The van der Waals surface area contributed by atoms with Gasteiger partial charge in [-0.25, -0.2) is 9.59 Å². The van der Waals surface area contributed by atoms with E-state index >= 15 is 0 Å². The molecule has 2 amide bonds. The summed E-state index contributed by atoms with van der Waals surface area (Å²) in [6.07, 6.45) is -0.826. The van der Waals surface area contributed by atoms with Gasteiger partial charge in [-0.15, -0.1) is 0 Å². The van der Waals surface area contributed by atoms with Gasteiger partial charge in [0.2, 0.25) is 0 Å². The molecule has 0 heterocycles. The van der Waals surface area contributed by atoms with Crippen LogP contribution in [0, 0.1) is 0 Å². The summed E-state index contributed by atoms with van der Waals surface area (Å²) in [7, 11) is 1.71. The molecule has 0 atom stereocenters. The molecule has 6 rings (SSSR count). The molecule has 2 aliphatic carbocycles. The first-order valence-electron chi connectivity index (χ1n) is 23.0. The third-order valence-corrected chi connectivity index (χ3v) is 11.1. The van der Waals surface area contributed by atoms with Gasteiger partial charge in [-0.2, -0.15) is 0 Å². The number of carbonyl (C=O) groups is 2. The van der Waals surface area contributed by atoms with Gasteiger partial charge in [0.15, 0.2) is 0 Å². The summed E-state index contributed by atoms with van der Waals surface area (Å²) in [5.41, 5.74) is 9.54. The number of alkyl carbamates (subject to hydrolysis) is 1. The maximum atomic E-state index is 12.6. The van der Waals surface area contributed by atoms with Crippen LogP contribution in [0.1, 0.15) is 34.1 Å². The highest BCUT2D eigenvalue weighted by molar-refractivity contribution is 5.80. The van der Waals surface area contributed by atoms with E-state index in [4.69, 9.17) is 52.1 Å². The molecule has 0 spiro atoms. The van der Waals surface area contributed by atoms with Crippen molar-refractivity contribution in [3.05, 3.63) is 119 Å². The highest BCUT2D eigenvalue weighted by Gasteiger charge is 2.30. The Hall–Kier alpha value is -4.94. The lowest BCUT2D eigenvalue weighted by molar-refractivity contribution is -0.0251. The lowest BCUT2D eigenvalue weighted by Crippen LogP contribution is -2.32. The third-order valence-electron chi connectivity index (χ3n) is 11.1. The average Bonchev–Trinajstić information content (AvgIpc) is 3.85. The number of nitrogens with zero attached hydrogens (tertiary/aromatic N) is 1. The van der Waals surface area contributed by atoms with Crippen LogP contribution < -0.4 is 5.32 Å². The minimum atomic E-state index is -0.457. The Morgan fingerprint density at radius 1 is 0.409 bits per heavy atom. The zero-order valence-electron chi connectivity index (χ0n) is 38.2. The minimum absolute atomic E-state index is 0.0305. The molecule has 0 fully saturated rings. The molecule has 4 aromatic carbocycles. The number of hydrogen-bond acceptors (Lipinski definition) is 13. The molecule has 1 N–H and O–H groups in total. The van der Waals surface area contributed by atoms with Crippen LogP contribution in [0.15, 0.2) is 97.1 Å². The molecule has 15 heteroatoms. The Labute approximate surface area is 388 Å². The third kappa shape index (κ3) is 16.4. The predicted octanol–water partition coefficient (Wildman–Crippen LogP) is 6.56. The molecule has 0 saturated heterocycles. The van der Waals surface area contributed by atoms with Crippen LogP contribution in [-0.4, -0.2) is 169 Å². The Bertz CT molecular complexity index is 1930. The maximum Gasteiger partial charge on any atom is 0.409 e. The molecule has 0 radical (unpaired) electrons. The highest BCUT2D eigenvalue weighted by atomic mass is 16.6. The molecule has 15 nitrogen and oxygen atoms in total. The second-order valence-electron chi connectivity index (χ2n) is 15.5. The summed E-state index contributed by atoms with van der Waals surface area (Å²) in [4.78, 5) is 26.5. The maximum absolute atomic E-state index is 12.6. The van der Waals surface area contributed by atoms with Gasteiger partial charge in [-0.3, -0.25) is 0 Å². The van der Waals surface area contributed by atoms with Crippen molar-refractivity contribution in [1.82, 2.24) is 10.2 Å². The topological polar surface area (TPSA) is 151 Å². The van der Waals surface area contributed by atoms with Crippen LogP contribution in [0.2, 0.25) is 0 Å². The van der Waals surface area contributed by atoms with E-state index in [0.29, 0.717) is 139 Å². The van der Waals surface area contributed by atoms with E-state index in [2.05, 4.69) is 53.8 Å². The molecule has 66 heavy (non-hydrogen) atoms. The van der Waals surface area contributed by atoms with Crippen LogP contribution >= 0.6 is 0 Å². The summed E-state index contributed by atoms with van der Waals surface area (Å²) in [5.74, 6) is 0.0626. The second-order valence-corrected chi connectivity index (χ2v) is 15.5. The van der Waals surface area contributed by atoms with E-state index in [9.17, 15) is 9.59 Å². The number of benzene rings is 4. The normalized spacial score (nSPS) is 12.7. The molecule has 0 bridgehead atoms. The van der Waals surface area contributed by atoms with Crippen LogP contribution in [0.25, 0.3) is 22.3 Å². The van der Waals surface area contributed by atoms with Gasteiger partial charge >= 0.3 is 12.2 Å². The van der Waals surface area contributed by atoms with Gasteiger partial charge in [-0.1, -0.05) is 97.1 Å². The van der Waals surface area contributed by atoms with Gasteiger partial charge in [0.25, 0.3) is 0 Å². The van der Waals surface area contributed by atoms with Crippen molar-refractivity contribution in [3.63, 3.8) is 0 Å². The summed E-state index contributed by atoms with van der Waals surface area (Å²) >= 11 is 0. The molecule has 358 valence electrons. The molecule has 0 aliphatic heterocycles. The smallest absolute Gasteiger partial charge is 0.409 e. The van der Waals surface area contributed by atoms with Crippen molar-refractivity contribution in [2.24, 2.45) is 0 Å². The number of rotatable bonds is 34. The van der Waals surface area contributed by atoms with E-state index in [1.807, 2.05) is 48.5 Å². The molecule has 2 aliphatic rings. The number of amides is 2. The largest absolute Gasteiger partial charge is 0.449 e. The highest BCUT2D eigenvalue weighted by Crippen LogP contribution is 2.45. The van der Waals surface area contributed by atoms with Crippen LogP contribution in [0.5, 0.6) is 0 Å². The molecular weight excluding hydrogens is 849 g/mol.